The van der Waals surface area contributed by atoms with E-state index < -0.39 is 0 Å². The van der Waals surface area contributed by atoms with Crippen molar-refractivity contribution in [2.24, 2.45) is 0 Å². The number of aromatic amines is 1. The van der Waals surface area contributed by atoms with Gasteiger partial charge in [0.15, 0.2) is 4.77 Å². The fraction of sp³-hybridized carbons (Fsp3) is 0.250. The second-order valence-electron chi connectivity index (χ2n) is 5.38. The minimum atomic E-state index is -0.0251. The van der Waals surface area contributed by atoms with Gasteiger partial charge in [0.2, 0.25) is 0 Å². The third kappa shape index (κ3) is 2.71. The maximum Gasteiger partial charge on any atom is 0.263 e. The second kappa shape index (κ2) is 5.58. The van der Waals surface area contributed by atoms with Gasteiger partial charge in [0.05, 0.1) is 11.9 Å². The standard InChI is InChI=1S/C16H16N2OS2/c1-10(2)12-5-3-11(4-6-12)9-18-15(19)13-7-8-21-14(13)17-16(18)20/h3-8,10H,9H2,1-2H3,(H,17,20). The Kier molecular flexibility index (Phi) is 3.78. The van der Waals surface area contributed by atoms with E-state index in [0.29, 0.717) is 22.6 Å². The number of rotatable bonds is 3. The van der Waals surface area contributed by atoms with Crippen molar-refractivity contribution < 1.29 is 0 Å². The summed E-state index contributed by atoms with van der Waals surface area (Å²) in [5.74, 6) is 0.506. The van der Waals surface area contributed by atoms with Gasteiger partial charge in [-0.3, -0.25) is 9.36 Å². The Bertz CT molecular complexity index is 885. The van der Waals surface area contributed by atoms with Crippen LogP contribution >= 0.6 is 23.6 Å². The molecule has 21 heavy (non-hydrogen) atoms. The average molecular weight is 316 g/mol. The highest BCUT2D eigenvalue weighted by Crippen LogP contribution is 2.17. The summed E-state index contributed by atoms with van der Waals surface area (Å²) in [6.45, 7) is 4.83. The minimum Gasteiger partial charge on any atom is -0.323 e. The van der Waals surface area contributed by atoms with Gasteiger partial charge in [-0.1, -0.05) is 38.1 Å². The fourth-order valence-corrected chi connectivity index (χ4v) is 3.40. The first-order chi connectivity index (χ1) is 10.1. The lowest BCUT2D eigenvalue weighted by molar-refractivity contribution is 0.734. The second-order valence-corrected chi connectivity index (χ2v) is 6.68. The molecule has 0 saturated carbocycles. The molecule has 0 unspecified atom stereocenters. The molecule has 0 spiro atoms. The molecule has 1 aromatic carbocycles. The van der Waals surface area contributed by atoms with Gasteiger partial charge in [-0.25, -0.2) is 0 Å². The largest absolute Gasteiger partial charge is 0.323 e. The SMILES string of the molecule is CC(C)c1ccc(Cn2c(=S)[nH]c3sccc3c2=O)cc1. The Hall–Kier alpha value is -1.72. The molecule has 0 aliphatic carbocycles. The van der Waals surface area contributed by atoms with E-state index in [1.165, 1.54) is 16.9 Å². The highest BCUT2D eigenvalue weighted by atomic mass is 32.1. The Balaban J connectivity index is 2.01. The van der Waals surface area contributed by atoms with Gasteiger partial charge in [0.25, 0.3) is 5.56 Å². The van der Waals surface area contributed by atoms with Gasteiger partial charge in [0, 0.05) is 0 Å². The lowest BCUT2D eigenvalue weighted by atomic mass is 10.0. The van der Waals surface area contributed by atoms with Gasteiger partial charge >= 0.3 is 0 Å². The minimum absolute atomic E-state index is 0.0251. The van der Waals surface area contributed by atoms with Crippen LogP contribution in [0.4, 0.5) is 0 Å². The maximum absolute atomic E-state index is 12.5. The predicted octanol–water partition coefficient (Wildman–Crippen LogP) is 4.29. The summed E-state index contributed by atoms with van der Waals surface area (Å²) in [6.07, 6.45) is 0. The van der Waals surface area contributed by atoms with E-state index in [1.807, 2.05) is 11.4 Å². The Morgan fingerprint density at radius 3 is 2.62 bits per heavy atom. The van der Waals surface area contributed by atoms with Crippen LogP contribution < -0.4 is 5.56 Å². The molecule has 0 saturated heterocycles. The molecule has 2 heterocycles. The fourth-order valence-electron chi connectivity index (χ4n) is 2.31. The van der Waals surface area contributed by atoms with E-state index in [-0.39, 0.29) is 5.56 Å². The number of thiophene rings is 1. The normalized spacial score (nSPS) is 11.4. The summed E-state index contributed by atoms with van der Waals surface area (Å²) in [7, 11) is 0. The lowest BCUT2D eigenvalue weighted by Crippen LogP contribution is -2.22. The molecule has 108 valence electrons. The Morgan fingerprint density at radius 1 is 1.24 bits per heavy atom. The van der Waals surface area contributed by atoms with Crippen LogP contribution in [0.5, 0.6) is 0 Å². The molecular weight excluding hydrogens is 300 g/mol. The predicted molar refractivity (Wildman–Crippen MR) is 90.9 cm³/mol. The quantitative estimate of drug-likeness (QED) is 0.732. The molecule has 3 nitrogen and oxygen atoms in total. The van der Waals surface area contributed by atoms with Crippen LogP contribution in [0.1, 0.15) is 30.9 Å². The van der Waals surface area contributed by atoms with Gasteiger partial charge in [-0.15, -0.1) is 11.3 Å². The van der Waals surface area contributed by atoms with E-state index in [1.54, 1.807) is 4.57 Å². The molecule has 2 aromatic heterocycles. The van der Waals surface area contributed by atoms with Crippen molar-refractivity contribution in [2.75, 3.05) is 0 Å². The smallest absolute Gasteiger partial charge is 0.263 e. The molecular formula is C16H16N2OS2. The maximum atomic E-state index is 12.5. The molecule has 1 N–H and O–H groups in total. The van der Waals surface area contributed by atoms with Crippen LogP contribution in [-0.2, 0) is 6.54 Å². The Morgan fingerprint density at radius 2 is 1.95 bits per heavy atom. The van der Waals surface area contributed by atoms with E-state index in [2.05, 4.69) is 43.1 Å². The van der Waals surface area contributed by atoms with Crippen molar-refractivity contribution in [3.63, 3.8) is 0 Å². The summed E-state index contributed by atoms with van der Waals surface area (Å²) in [5, 5.41) is 2.60. The highest BCUT2D eigenvalue weighted by molar-refractivity contribution is 7.71. The van der Waals surface area contributed by atoms with Crippen molar-refractivity contribution >= 4 is 33.8 Å². The number of H-pyrrole nitrogens is 1. The number of benzene rings is 1. The summed E-state index contributed by atoms with van der Waals surface area (Å²) in [4.78, 5) is 16.4. The highest BCUT2D eigenvalue weighted by Gasteiger charge is 2.07. The average Bonchev–Trinajstić information content (AvgIpc) is 2.92. The third-order valence-corrected chi connectivity index (χ3v) is 4.75. The van der Waals surface area contributed by atoms with Crippen LogP contribution in [0.25, 0.3) is 10.2 Å². The molecule has 0 aliphatic heterocycles. The number of hydrogen-bond donors (Lipinski definition) is 1. The van der Waals surface area contributed by atoms with E-state index in [9.17, 15) is 4.79 Å². The topological polar surface area (TPSA) is 37.8 Å². The van der Waals surface area contributed by atoms with E-state index in [4.69, 9.17) is 12.2 Å². The first-order valence-electron chi connectivity index (χ1n) is 6.85. The van der Waals surface area contributed by atoms with Crippen LogP contribution in [0.2, 0.25) is 0 Å². The summed E-state index contributed by atoms with van der Waals surface area (Å²) in [5.41, 5.74) is 2.35. The van der Waals surface area contributed by atoms with Gasteiger partial charge in [-0.2, -0.15) is 0 Å². The zero-order valence-electron chi connectivity index (χ0n) is 11.9. The van der Waals surface area contributed by atoms with Crippen molar-refractivity contribution in [1.82, 2.24) is 9.55 Å². The number of nitrogens with zero attached hydrogens (tertiary/aromatic N) is 1. The first-order valence-corrected chi connectivity index (χ1v) is 8.14. The molecule has 0 bridgehead atoms. The van der Waals surface area contributed by atoms with Crippen LogP contribution in [0, 0.1) is 4.77 Å². The zero-order chi connectivity index (χ0) is 15.0. The molecule has 0 amide bonds. The summed E-state index contributed by atoms with van der Waals surface area (Å²) < 4.78 is 2.09. The van der Waals surface area contributed by atoms with E-state index in [0.717, 1.165) is 10.4 Å². The Labute approximate surface area is 131 Å². The van der Waals surface area contributed by atoms with Crippen LogP contribution in [0.15, 0.2) is 40.5 Å². The first kappa shape index (κ1) is 14.2. The molecule has 0 aliphatic rings. The van der Waals surface area contributed by atoms with Crippen molar-refractivity contribution in [3.05, 3.63) is 62.0 Å². The third-order valence-electron chi connectivity index (χ3n) is 3.59. The van der Waals surface area contributed by atoms with Crippen LogP contribution in [0.3, 0.4) is 0 Å². The van der Waals surface area contributed by atoms with Crippen molar-refractivity contribution in [1.29, 1.82) is 0 Å². The van der Waals surface area contributed by atoms with Crippen molar-refractivity contribution in [2.45, 2.75) is 26.3 Å². The number of fused-ring (bicyclic) bond motifs is 1. The monoisotopic (exact) mass is 316 g/mol. The molecule has 0 fully saturated rings. The molecule has 0 radical (unpaired) electrons. The molecule has 3 rings (SSSR count). The lowest BCUT2D eigenvalue weighted by Gasteiger charge is -2.09. The van der Waals surface area contributed by atoms with Gasteiger partial charge in [0.1, 0.15) is 4.83 Å². The molecule has 5 heteroatoms. The van der Waals surface area contributed by atoms with E-state index >= 15 is 0 Å². The number of nitrogens with one attached hydrogen (secondary N) is 1. The number of aromatic nitrogens is 2. The van der Waals surface area contributed by atoms with Crippen LogP contribution in [-0.4, -0.2) is 9.55 Å². The summed E-state index contributed by atoms with van der Waals surface area (Å²) >= 11 is 6.81. The van der Waals surface area contributed by atoms with Gasteiger partial charge in [-0.05, 0) is 40.7 Å². The number of hydrogen-bond acceptors (Lipinski definition) is 3. The summed E-state index contributed by atoms with van der Waals surface area (Å²) in [6, 6.07) is 10.2. The zero-order valence-corrected chi connectivity index (χ0v) is 13.6. The van der Waals surface area contributed by atoms with Gasteiger partial charge < -0.3 is 4.98 Å². The molecule has 0 atom stereocenters. The molecule has 3 aromatic rings. The van der Waals surface area contributed by atoms with Crippen molar-refractivity contribution in [3.8, 4) is 0 Å².